The van der Waals surface area contributed by atoms with Gasteiger partial charge in [-0.05, 0) is 33.9 Å². The molecule has 0 aliphatic carbocycles. The van der Waals surface area contributed by atoms with Crippen LogP contribution < -0.4 is 10.2 Å². The highest BCUT2D eigenvalue weighted by atomic mass is 32.2. The second kappa shape index (κ2) is 5.45. The SMILES string of the molecule is CNCc1cc(C)nc(N2CCSC(C)(C)C2)n1. The molecule has 0 radical (unpaired) electrons. The summed E-state index contributed by atoms with van der Waals surface area (Å²) in [6.45, 7) is 9.45. The fourth-order valence-corrected chi connectivity index (χ4v) is 3.33. The molecule has 0 spiro atoms. The van der Waals surface area contributed by atoms with E-state index in [0.717, 1.165) is 42.7 Å². The molecule has 1 aliphatic heterocycles. The van der Waals surface area contributed by atoms with Crippen molar-refractivity contribution in [1.82, 2.24) is 15.3 Å². The molecule has 2 heterocycles. The van der Waals surface area contributed by atoms with Gasteiger partial charge < -0.3 is 10.2 Å². The van der Waals surface area contributed by atoms with Crippen LogP contribution in [0.3, 0.4) is 0 Å². The molecule has 0 bridgehead atoms. The highest BCUT2D eigenvalue weighted by molar-refractivity contribution is 8.00. The first-order valence-corrected chi connectivity index (χ1v) is 7.37. The monoisotopic (exact) mass is 266 g/mol. The fraction of sp³-hybridized carbons (Fsp3) is 0.692. The van der Waals surface area contributed by atoms with E-state index in [0.29, 0.717) is 0 Å². The molecule has 100 valence electrons. The van der Waals surface area contributed by atoms with Crippen LogP contribution in [0.4, 0.5) is 5.95 Å². The Bertz CT molecular complexity index is 419. The molecule has 1 saturated heterocycles. The summed E-state index contributed by atoms with van der Waals surface area (Å²) in [6, 6.07) is 2.05. The van der Waals surface area contributed by atoms with E-state index in [1.54, 1.807) is 0 Å². The summed E-state index contributed by atoms with van der Waals surface area (Å²) in [5.41, 5.74) is 2.11. The van der Waals surface area contributed by atoms with Gasteiger partial charge in [0.1, 0.15) is 0 Å². The van der Waals surface area contributed by atoms with Crippen molar-refractivity contribution in [2.45, 2.75) is 32.1 Å². The maximum atomic E-state index is 4.66. The summed E-state index contributed by atoms with van der Waals surface area (Å²) in [7, 11) is 1.94. The lowest BCUT2D eigenvalue weighted by Crippen LogP contribution is -2.44. The number of nitrogens with one attached hydrogen (secondary N) is 1. The van der Waals surface area contributed by atoms with Crippen LogP contribution in [0.15, 0.2) is 6.07 Å². The molecule has 0 unspecified atom stereocenters. The number of hydrogen-bond acceptors (Lipinski definition) is 5. The Morgan fingerprint density at radius 1 is 1.44 bits per heavy atom. The number of rotatable bonds is 3. The standard InChI is InChI=1S/C13H22N4S/c1-10-7-11(8-14-4)16-12(15-10)17-5-6-18-13(2,3)9-17/h7,14H,5-6,8-9H2,1-4H3. The average Bonchev–Trinajstić information content (AvgIpc) is 2.27. The zero-order chi connectivity index (χ0) is 13.2. The molecule has 4 nitrogen and oxygen atoms in total. The largest absolute Gasteiger partial charge is 0.339 e. The van der Waals surface area contributed by atoms with E-state index in [-0.39, 0.29) is 4.75 Å². The first-order valence-electron chi connectivity index (χ1n) is 6.38. The number of nitrogens with zero attached hydrogens (tertiary/aromatic N) is 3. The van der Waals surface area contributed by atoms with Gasteiger partial charge in [0.05, 0.1) is 5.69 Å². The summed E-state index contributed by atoms with van der Waals surface area (Å²) in [5.74, 6) is 2.03. The van der Waals surface area contributed by atoms with Gasteiger partial charge >= 0.3 is 0 Å². The van der Waals surface area contributed by atoms with E-state index in [9.17, 15) is 0 Å². The number of aryl methyl sites for hydroxylation is 1. The minimum atomic E-state index is 0.286. The quantitative estimate of drug-likeness (QED) is 0.904. The van der Waals surface area contributed by atoms with Crippen molar-refractivity contribution in [3.63, 3.8) is 0 Å². The van der Waals surface area contributed by atoms with E-state index in [4.69, 9.17) is 0 Å². The van der Waals surface area contributed by atoms with Crippen molar-refractivity contribution in [1.29, 1.82) is 0 Å². The van der Waals surface area contributed by atoms with Crippen LogP contribution in [-0.4, -0.2) is 40.6 Å². The molecular formula is C13H22N4S. The summed E-state index contributed by atoms with van der Waals surface area (Å²) in [4.78, 5) is 11.5. The summed E-state index contributed by atoms with van der Waals surface area (Å²) < 4.78 is 0.286. The van der Waals surface area contributed by atoms with Crippen molar-refractivity contribution >= 4 is 17.7 Å². The van der Waals surface area contributed by atoms with Crippen LogP contribution in [0.1, 0.15) is 25.2 Å². The molecule has 2 rings (SSSR count). The van der Waals surface area contributed by atoms with Gasteiger partial charge in [-0.3, -0.25) is 0 Å². The third kappa shape index (κ3) is 3.36. The minimum Gasteiger partial charge on any atom is -0.339 e. The Morgan fingerprint density at radius 3 is 2.89 bits per heavy atom. The van der Waals surface area contributed by atoms with Gasteiger partial charge in [-0.1, -0.05) is 0 Å². The number of anilines is 1. The summed E-state index contributed by atoms with van der Waals surface area (Å²) in [5, 5.41) is 3.14. The van der Waals surface area contributed by atoms with Crippen molar-refractivity contribution in [2.24, 2.45) is 0 Å². The zero-order valence-corrected chi connectivity index (χ0v) is 12.5. The normalized spacial score (nSPS) is 19.0. The van der Waals surface area contributed by atoms with Crippen LogP contribution in [0.5, 0.6) is 0 Å². The highest BCUT2D eigenvalue weighted by Crippen LogP contribution is 2.31. The Kier molecular flexibility index (Phi) is 4.12. The minimum absolute atomic E-state index is 0.286. The van der Waals surface area contributed by atoms with E-state index in [1.807, 2.05) is 31.8 Å². The van der Waals surface area contributed by atoms with Crippen LogP contribution >= 0.6 is 11.8 Å². The van der Waals surface area contributed by atoms with Crippen molar-refractivity contribution < 1.29 is 0 Å². The third-order valence-electron chi connectivity index (χ3n) is 2.96. The van der Waals surface area contributed by atoms with Crippen LogP contribution in [-0.2, 0) is 6.54 Å². The third-order valence-corrected chi connectivity index (χ3v) is 4.26. The molecular weight excluding hydrogens is 244 g/mol. The van der Waals surface area contributed by atoms with Gasteiger partial charge in [0.2, 0.25) is 5.95 Å². The van der Waals surface area contributed by atoms with Crippen LogP contribution in [0, 0.1) is 6.92 Å². The second-order valence-corrected chi connectivity index (χ2v) is 7.16. The van der Waals surface area contributed by atoms with Gasteiger partial charge in [0.25, 0.3) is 0 Å². The van der Waals surface area contributed by atoms with Gasteiger partial charge in [-0.2, -0.15) is 11.8 Å². The molecule has 0 atom stereocenters. The first kappa shape index (κ1) is 13.6. The maximum Gasteiger partial charge on any atom is 0.225 e. The first-order chi connectivity index (χ1) is 8.50. The molecule has 1 N–H and O–H groups in total. The molecule has 18 heavy (non-hydrogen) atoms. The molecule has 1 aliphatic rings. The molecule has 1 aromatic heterocycles. The molecule has 5 heteroatoms. The molecule has 1 fully saturated rings. The van der Waals surface area contributed by atoms with E-state index >= 15 is 0 Å². The molecule has 0 saturated carbocycles. The number of thioether (sulfide) groups is 1. The fourth-order valence-electron chi connectivity index (χ4n) is 2.22. The Hall–Kier alpha value is -0.810. The lowest BCUT2D eigenvalue weighted by molar-refractivity contribution is 0.631. The lowest BCUT2D eigenvalue weighted by Gasteiger charge is -2.37. The van der Waals surface area contributed by atoms with Gasteiger partial charge in [0, 0.05) is 35.8 Å². The summed E-state index contributed by atoms with van der Waals surface area (Å²) in [6.07, 6.45) is 0. The average molecular weight is 266 g/mol. The zero-order valence-electron chi connectivity index (χ0n) is 11.7. The maximum absolute atomic E-state index is 4.66. The van der Waals surface area contributed by atoms with E-state index in [2.05, 4.69) is 34.0 Å². The van der Waals surface area contributed by atoms with Crippen molar-refractivity contribution in [2.75, 3.05) is 30.8 Å². The number of hydrogen-bond donors (Lipinski definition) is 1. The smallest absolute Gasteiger partial charge is 0.225 e. The summed E-state index contributed by atoms with van der Waals surface area (Å²) >= 11 is 2.03. The molecule has 1 aromatic rings. The predicted octanol–water partition coefficient (Wildman–Crippen LogP) is 1.84. The van der Waals surface area contributed by atoms with Crippen molar-refractivity contribution in [3.05, 3.63) is 17.5 Å². The molecule has 0 aromatic carbocycles. The van der Waals surface area contributed by atoms with Crippen LogP contribution in [0.2, 0.25) is 0 Å². The van der Waals surface area contributed by atoms with E-state index in [1.165, 1.54) is 0 Å². The number of aromatic nitrogens is 2. The Morgan fingerprint density at radius 2 is 2.22 bits per heavy atom. The Labute approximate surface area is 114 Å². The highest BCUT2D eigenvalue weighted by Gasteiger charge is 2.28. The van der Waals surface area contributed by atoms with E-state index < -0.39 is 0 Å². The van der Waals surface area contributed by atoms with Crippen molar-refractivity contribution in [3.8, 4) is 0 Å². The van der Waals surface area contributed by atoms with Gasteiger partial charge in [-0.15, -0.1) is 0 Å². The van der Waals surface area contributed by atoms with Gasteiger partial charge in [0.15, 0.2) is 0 Å². The molecule has 0 amide bonds. The van der Waals surface area contributed by atoms with Gasteiger partial charge in [-0.25, -0.2) is 9.97 Å². The second-order valence-electron chi connectivity index (χ2n) is 5.36. The lowest BCUT2D eigenvalue weighted by atomic mass is 10.2. The van der Waals surface area contributed by atoms with Crippen LogP contribution in [0.25, 0.3) is 0 Å². The predicted molar refractivity (Wildman–Crippen MR) is 78.3 cm³/mol. The Balaban J connectivity index is 2.21. The topological polar surface area (TPSA) is 41.1 Å².